The molecule has 0 bridgehead atoms. The third-order valence-corrected chi connectivity index (χ3v) is 3.89. The minimum atomic E-state index is -0.133. The Morgan fingerprint density at radius 3 is 2.85 bits per heavy atom. The average molecular weight is 277 g/mol. The number of hydrogen-bond donors (Lipinski definition) is 1. The van der Waals surface area contributed by atoms with Crippen molar-refractivity contribution in [3.05, 3.63) is 30.1 Å². The number of ether oxygens (including phenoxy) is 1. The van der Waals surface area contributed by atoms with E-state index >= 15 is 0 Å². The van der Waals surface area contributed by atoms with Crippen LogP contribution in [-0.4, -0.2) is 40.7 Å². The smallest absolute Gasteiger partial charge is 0.0757 e. The molecule has 3 atom stereocenters. The van der Waals surface area contributed by atoms with Gasteiger partial charge in [0.05, 0.1) is 17.7 Å². The van der Waals surface area contributed by atoms with Crippen LogP contribution in [-0.2, 0) is 4.74 Å². The van der Waals surface area contributed by atoms with Crippen molar-refractivity contribution in [3.8, 4) is 0 Å². The van der Waals surface area contributed by atoms with Gasteiger partial charge in [0.25, 0.3) is 0 Å². The maximum absolute atomic E-state index is 6.40. The largest absolute Gasteiger partial charge is 0.370 e. The highest BCUT2D eigenvalue weighted by Gasteiger charge is 2.37. The van der Waals surface area contributed by atoms with Gasteiger partial charge in [0.2, 0.25) is 0 Å². The fourth-order valence-electron chi connectivity index (χ4n) is 3.22. The van der Waals surface area contributed by atoms with E-state index in [-0.39, 0.29) is 23.8 Å². The Hall–Kier alpha value is -0.970. The molecule has 4 heteroatoms. The molecule has 3 unspecified atom stereocenters. The van der Waals surface area contributed by atoms with Gasteiger partial charge >= 0.3 is 0 Å². The van der Waals surface area contributed by atoms with Crippen LogP contribution in [0.5, 0.6) is 0 Å². The molecule has 0 aromatic carbocycles. The molecular formula is C16H27N3O. The second-order valence-corrected chi connectivity index (χ2v) is 6.42. The van der Waals surface area contributed by atoms with Crippen molar-refractivity contribution in [1.29, 1.82) is 0 Å². The van der Waals surface area contributed by atoms with Crippen molar-refractivity contribution in [2.24, 2.45) is 5.73 Å². The van der Waals surface area contributed by atoms with E-state index in [0.29, 0.717) is 0 Å². The molecule has 0 amide bonds. The van der Waals surface area contributed by atoms with Crippen molar-refractivity contribution < 1.29 is 4.74 Å². The van der Waals surface area contributed by atoms with E-state index in [1.54, 1.807) is 0 Å². The minimum Gasteiger partial charge on any atom is -0.370 e. The van der Waals surface area contributed by atoms with Crippen molar-refractivity contribution in [1.82, 2.24) is 9.88 Å². The molecule has 2 rings (SSSR count). The van der Waals surface area contributed by atoms with E-state index in [2.05, 4.69) is 43.6 Å². The maximum Gasteiger partial charge on any atom is 0.0757 e. The molecule has 1 fully saturated rings. The van der Waals surface area contributed by atoms with Gasteiger partial charge in [-0.15, -0.1) is 0 Å². The number of morpholine rings is 1. The van der Waals surface area contributed by atoms with E-state index in [1.165, 1.54) is 5.56 Å². The molecule has 4 nitrogen and oxygen atoms in total. The minimum absolute atomic E-state index is 0.111. The van der Waals surface area contributed by atoms with E-state index < -0.39 is 0 Å². The molecule has 2 N–H and O–H groups in total. The first-order valence-corrected chi connectivity index (χ1v) is 7.50. The average Bonchev–Trinajstić information content (AvgIpc) is 2.37. The molecule has 20 heavy (non-hydrogen) atoms. The fourth-order valence-corrected chi connectivity index (χ4v) is 3.22. The lowest BCUT2D eigenvalue weighted by atomic mass is 9.94. The lowest BCUT2D eigenvalue weighted by Crippen LogP contribution is -2.55. The molecule has 1 saturated heterocycles. The highest BCUT2D eigenvalue weighted by molar-refractivity contribution is 5.17. The van der Waals surface area contributed by atoms with Crippen LogP contribution in [0.25, 0.3) is 0 Å². The number of hydrogen-bond acceptors (Lipinski definition) is 4. The lowest BCUT2D eigenvalue weighted by Gasteiger charge is -2.46. The van der Waals surface area contributed by atoms with Gasteiger partial charge in [-0.25, -0.2) is 0 Å². The van der Waals surface area contributed by atoms with Gasteiger partial charge < -0.3 is 10.5 Å². The Morgan fingerprint density at radius 2 is 2.30 bits per heavy atom. The summed E-state index contributed by atoms with van der Waals surface area (Å²) in [6.45, 7) is 10.4. The number of aromatic nitrogens is 1. The van der Waals surface area contributed by atoms with Crippen LogP contribution in [0.4, 0.5) is 0 Å². The molecule has 1 aliphatic rings. The fraction of sp³-hybridized carbons (Fsp3) is 0.688. The zero-order valence-corrected chi connectivity index (χ0v) is 13.0. The van der Waals surface area contributed by atoms with Crippen LogP contribution in [0.1, 0.15) is 45.7 Å². The van der Waals surface area contributed by atoms with Gasteiger partial charge in [-0.1, -0.05) is 13.0 Å². The predicted octanol–water partition coefficient (Wildman–Crippen LogP) is 2.36. The zero-order chi connectivity index (χ0) is 14.8. The lowest BCUT2D eigenvalue weighted by molar-refractivity contribution is -0.140. The Bertz CT molecular complexity index is 421. The van der Waals surface area contributed by atoms with Crippen LogP contribution >= 0.6 is 0 Å². The van der Waals surface area contributed by atoms with Gasteiger partial charge in [0, 0.05) is 31.5 Å². The summed E-state index contributed by atoms with van der Waals surface area (Å²) in [6.07, 6.45) is 4.92. The Kier molecular flexibility index (Phi) is 4.78. The van der Waals surface area contributed by atoms with Crippen LogP contribution in [0.15, 0.2) is 24.5 Å². The summed E-state index contributed by atoms with van der Waals surface area (Å²) in [4.78, 5) is 6.72. The maximum atomic E-state index is 6.40. The highest BCUT2D eigenvalue weighted by atomic mass is 16.5. The summed E-state index contributed by atoms with van der Waals surface area (Å²) in [5, 5.41) is 0. The van der Waals surface area contributed by atoms with Crippen molar-refractivity contribution in [2.45, 2.75) is 57.9 Å². The van der Waals surface area contributed by atoms with Crippen molar-refractivity contribution in [2.75, 3.05) is 13.1 Å². The number of pyridine rings is 1. The predicted molar refractivity (Wildman–Crippen MR) is 81.4 cm³/mol. The van der Waals surface area contributed by atoms with E-state index in [1.807, 2.05) is 18.5 Å². The summed E-state index contributed by atoms with van der Waals surface area (Å²) in [7, 11) is 0. The first-order chi connectivity index (χ1) is 9.43. The Balaban J connectivity index is 2.27. The quantitative estimate of drug-likeness (QED) is 0.918. The van der Waals surface area contributed by atoms with Gasteiger partial charge in [0.1, 0.15) is 0 Å². The molecule has 1 aromatic rings. The molecule has 0 spiro atoms. The second kappa shape index (κ2) is 6.20. The molecule has 0 saturated carbocycles. The Labute approximate surface area is 122 Å². The number of nitrogens with two attached hydrogens (primary N) is 1. The standard InChI is InChI=1S/C16H27N3O/c1-5-14(17)15(13-7-6-8-18-9-13)19-10-12(2)20-16(3,4)11-19/h6-9,12,14-15H,5,10-11,17H2,1-4H3. The number of rotatable bonds is 4. The van der Waals surface area contributed by atoms with E-state index in [9.17, 15) is 0 Å². The topological polar surface area (TPSA) is 51.4 Å². The number of nitrogens with zero attached hydrogens (tertiary/aromatic N) is 2. The van der Waals surface area contributed by atoms with E-state index in [0.717, 1.165) is 19.5 Å². The molecule has 0 aliphatic carbocycles. The summed E-state index contributed by atoms with van der Waals surface area (Å²) in [6, 6.07) is 4.43. The summed E-state index contributed by atoms with van der Waals surface area (Å²) < 4.78 is 6.01. The summed E-state index contributed by atoms with van der Waals surface area (Å²) >= 11 is 0. The molecule has 2 heterocycles. The van der Waals surface area contributed by atoms with Crippen molar-refractivity contribution >= 4 is 0 Å². The van der Waals surface area contributed by atoms with Crippen LogP contribution < -0.4 is 5.73 Å². The first kappa shape index (κ1) is 15.4. The van der Waals surface area contributed by atoms with Crippen LogP contribution in [0, 0.1) is 0 Å². The second-order valence-electron chi connectivity index (χ2n) is 6.42. The molecule has 1 aromatic heterocycles. The Morgan fingerprint density at radius 1 is 1.55 bits per heavy atom. The normalized spacial score (nSPS) is 26.1. The van der Waals surface area contributed by atoms with Gasteiger partial charge in [0.15, 0.2) is 0 Å². The summed E-state index contributed by atoms with van der Waals surface area (Å²) in [5.41, 5.74) is 7.47. The zero-order valence-electron chi connectivity index (χ0n) is 13.0. The van der Waals surface area contributed by atoms with Crippen LogP contribution in [0.3, 0.4) is 0 Å². The highest BCUT2D eigenvalue weighted by Crippen LogP contribution is 2.31. The third-order valence-electron chi connectivity index (χ3n) is 3.89. The van der Waals surface area contributed by atoms with Gasteiger partial charge in [-0.05, 0) is 38.8 Å². The summed E-state index contributed by atoms with van der Waals surface area (Å²) in [5.74, 6) is 0. The molecule has 112 valence electrons. The monoisotopic (exact) mass is 277 g/mol. The molecule has 0 radical (unpaired) electrons. The molecular weight excluding hydrogens is 250 g/mol. The van der Waals surface area contributed by atoms with E-state index in [4.69, 9.17) is 10.5 Å². The van der Waals surface area contributed by atoms with Gasteiger partial charge in [-0.3, -0.25) is 9.88 Å². The molecule has 1 aliphatic heterocycles. The third kappa shape index (κ3) is 3.57. The van der Waals surface area contributed by atoms with Gasteiger partial charge in [-0.2, -0.15) is 0 Å². The van der Waals surface area contributed by atoms with Crippen molar-refractivity contribution in [3.63, 3.8) is 0 Å². The first-order valence-electron chi connectivity index (χ1n) is 7.50. The SMILES string of the molecule is CCC(N)C(c1cccnc1)N1CC(C)OC(C)(C)C1. The van der Waals surface area contributed by atoms with Crippen LogP contribution in [0.2, 0.25) is 0 Å².